The molecule has 0 radical (unpaired) electrons. The van der Waals surface area contributed by atoms with Crippen LogP contribution in [0.3, 0.4) is 0 Å². The lowest BCUT2D eigenvalue weighted by molar-refractivity contribution is 0.585. The second-order valence-corrected chi connectivity index (χ2v) is 9.06. The van der Waals surface area contributed by atoms with E-state index < -0.39 is 0 Å². The summed E-state index contributed by atoms with van der Waals surface area (Å²) < 4.78 is 0. The van der Waals surface area contributed by atoms with Gasteiger partial charge in [-0.25, -0.2) is 9.98 Å². The van der Waals surface area contributed by atoms with Gasteiger partial charge in [0.2, 0.25) is 0 Å². The van der Waals surface area contributed by atoms with E-state index in [0.29, 0.717) is 16.1 Å². The lowest BCUT2D eigenvalue weighted by atomic mass is 9.85. The van der Waals surface area contributed by atoms with Gasteiger partial charge < -0.3 is 0 Å². The normalized spacial score (nSPS) is 13.1. The molecule has 0 aromatic heterocycles. The summed E-state index contributed by atoms with van der Waals surface area (Å²) in [4.78, 5) is 16.6. The first kappa shape index (κ1) is 22.2. The highest BCUT2D eigenvalue weighted by atomic mass is 35.5. The van der Waals surface area contributed by atoms with Crippen LogP contribution in [0, 0.1) is 13.1 Å². The van der Waals surface area contributed by atoms with Crippen LogP contribution in [0.1, 0.15) is 37.5 Å². The summed E-state index contributed by atoms with van der Waals surface area (Å²) in [7, 11) is 0. The van der Waals surface area contributed by atoms with Gasteiger partial charge >= 0.3 is 5.82 Å². The lowest BCUT2D eigenvalue weighted by Crippen LogP contribution is -2.28. The van der Waals surface area contributed by atoms with Crippen molar-refractivity contribution in [2.24, 2.45) is 9.98 Å². The molecule has 3 aromatic rings. The van der Waals surface area contributed by atoms with Crippen LogP contribution in [0.15, 0.2) is 82.8 Å². The highest BCUT2D eigenvalue weighted by Gasteiger charge is 2.25. The monoisotopic (exact) mass is 448 g/mol. The third kappa shape index (κ3) is 4.35. The van der Waals surface area contributed by atoms with E-state index in [4.69, 9.17) is 34.7 Å². The Bertz CT molecular complexity index is 1420. The summed E-state index contributed by atoms with van der Waals surface area (Å²) in [5.41, 5.74) is 4.02. The Kier molecular flexibility index (Phi) is 5.97. The van der Waals surface area contributed by atoms with Gasteiger partial charge in [0.05, 0.1) is 16.6 Å². The van der Waals surface area contributed by atoms with Crippen molar-refractivity contribution in [3.8, 4) is 0 Å². The summed E-state index contributed by atoms with van der Waals surface area (Å²) in [5, 5.41) is 1.59. The van der Waals surface area contributed by atoms with Crippen LogP contribution in [-0.2, 0) is 5.41 Å². The van der Waals surface area contributed by atoms with Crippen molar-refractivity contribution in [3.05, 3.63) is 128 Å². The van der Waals surface area contributed by atoms with Gasteiger partial charge in [-0.2, -0.15) is 9.69 Å². The largest absolute Gasteiger partial charge is 0.528 e. The quantitative estimate of drug-likeness (QED) is 0.457. The van der Waals surface area contributed by atoms with Gasteiger partial charge in [-0.05, 0) is 23.1 Å². The molecule has 3 aromatic carbocycles. The third-order valence-corrected chi connectivity index (χ3v) is 5.64. The van der Waals surface area contributed by atoms with Crippen molar-refractivity contribution in [3.63, 3.8) is 0 Å². The van der Waals surface area contributed by atoms with E-state index in [0.717, 1.165) is 33.3 Å². The van der Waals surface area contributed by atoms with Crippen molar-refractivity contribution in [1.29, 1.82) is 0 Å². The number of hydrogen-bond acceptors (Lipinski definition) is 2. The predicted octanol–water partition coefficient (Wildman–Crippen LogP) is 5.60. The summed E-state index contributed by atoms with van der Waals surface area (Å²) in [5.74, 6) is 0.522. The van der Waals surface area contributed by atoms with Crippen LogP contribution in [0.2, 0.25) is 5.02 Å². The fraction of sp³-hybridized carbons (Fsp3) is 0.143. The molecule has 5 heteroatoms. The van der Waals surface area contributed by atoms with E-state index in [1.165, 1.54) is 0 Å². The van der Waals surface area contributed by atoms with Crippen LogP contribution >= 0.6 is 11.6 Å². The molecule has 33 heavy (non-hydrogen) atoms. The van der Waals surface area contributed by atoms with E-state index in [1.807, 2.05) is 87.5 Å². The molecule has 0 aliphatic carbocycles. The maximum absolute atomic E-state index is 7.43. The Morgan fingerprint density at radius 1 is 0.788 bits per heavy atom. The zero-order chi connectivity index (χ0) is 23.6. The molecule has 0 spiro atoms. The van der Waals surface area contributed by atoms with Crippen molar-refractivity contribution < 1.29 is 0 Å². The van der Waals surface area contributed by atoms with Crippen molar-refractivity contribution in [1.82, 2.24) is 0 Å². The first-order chi connectivity index (χ1) is 15.8. The molecule has 0 bridgehead atoms. The zero-order valence-electron chi connectivity index (χ0n) is 18.6. The Morgan fingerprint density at radius 2 is 1.27 bits per heavy atom. The van der Waals surface area contributed by atoms with E-state index in [-0.39, 0.29) is 11.2 Å². The van der Waals surface area contributed by atoms with Crippen LogP contribution in [0.25, 0.3) is 21.3 Å². The minimum absolute atomic E-state index is 0.0325. The lowest BCUT2D eigenvalue weighted by Gasteiger charge is -2.20. The van der Waals surface area contributed by atoms with Gasteiger partial charge in [-0.1, -0.05) is 93.0 Å². The van der Waals surface area contributed by atoms with Gasteiger partial charge in [0, 0.05) is 21.4 Å². The van der Waals surface area contributed by atoms with Gasteiger partial charge in [0.15, 0.2) is 5.82 Å². The van der Waals surface area contributed by atoms with E-state index in [2.05, 4.69) is 9.69 Å². The Morgan fingerprint density at radius 3 is 1.70 bits per heavy atom. The number of halogens is 1. The second kappa shape index (κ2) is 8.87. The molecule has 0 amide bonds. The van der Waals surface area contributed by atoms with Gasteiger partial charge in [-0.15, -0.1) is 0 Å². The Hall–Kier alpha value is -3.99. The van der Waals surface area contributed by atoms with Crippen LogP contribution in [0.5, 0.6) is 0 Å². The average Bonchev–Trinajstić information content (AvgIpc) is 3.26. The van der Waals surface area contributed by atoms with Crippen LogP contribution < -0.4 is 10.4 Å². The molecule has 1 aliphatic heterocycles. The summed E-state index contributed by atoms with van der Waals surface area (Å²) in [6.07, 6.45) is 0. The molecule has 0 saturated heterocycles. The van der Waals surface area contributed by atoms with Gasteiger partial charge in [0.25, 0.3) is 0 Å². The van der Waals surface area contributed by atoms with Crippen molar-refractivity contribution in [2.75, 3.05) is 0 Å². The maximum Gasteiger partial charge on any atom is 0.528 e. The highest BCUT2D eigenvalue weighted by Crippen LogP contribution is 2.23. The second-order valence-electron chi connectivity index (χ2n) is 8.65. The zero-order valence-corrected chi connectivity index (χ0v) is 19.4. The first-order valence-electron chi connectivity index (χ1n) is 10.5. The van der Waals surface area contributed by atoms with Gasteiger partial charge in [0.1, 0.15) is 13.1 Å². The number of rotatable bonds is 2. The smallest absolute Gasteiger partial charge is 0.226 e. The average molecular weight is 449 g/mol. The van der Waals surface area contributed by atoms with E-state index in [9.17, 15) is 0 Å². The predicted molar refractivity (Wildman–Crippen MR) is 135 cm³/mol. The molecule has 0 fully saturated rings. The van der Waals surface area contributed by atoms with Crippen molar-refractivity contribution >= 4 is 34.7 Å². The third-order valence-electron chi connectivity index (χ3n) is 5.35. The molecule has 0 atom stereocenters. The minimum Gasteiger partial charge on any atom is -0.226 e. The molecule has 1 aliphatic rings. The Labute approximate surface area is 198 Å². The fourth-order valence-corrected chi connectivity index (χ4v) is 4.06. The molecule has 4 rings (SSSR count). The molecular weight excluding hydrogens is 428 g/mol. The standard InChI is InChI=1S/C28H21ClN4/c1-28(2,3)21-16-20(17-22(29)23(21)27(30-4)31-5)26-32-24(18-12-8-6-9-13-18)25(33-26)19-14-10-7-11-15-19/h6-17H,1-3H3. The molecular formula is C28H21ClN4. The molecule has 0 unspecified atom stereocenters. The molecule has 0 saturated carbocycles. The number of hydrogen-bond donors (Lipinski definition) is 0. The fourth-order valence-electron chi connectivity index (χ4n) is 3.76. The number of aliphatic imine (C=N–C) groups is 2. The van der Waals surface area contributed by atoms with E-state index >= 15 is 0 Å². The highest BCUT2D eigenvalue weighted by molar-refractivity contribution is 6.56. The van der Waals surface area contributed by atoms with E-state index in [1.54, 1.807) is 6.07 Å². The molecule has 1 heterocycles. The summed E-state index contributed by atoms with van der Waals surface area (Å²) >= 11 is 6.66. The van der Waals surface area contributed by atoms with Crippen LogP contribution in [0.4, 0.5) is 0 Å². The Balaban J connectivity index is 2.08. The number of nitrogens with zero attached hydrogens (tertiary/aromatic N) is 4. The summed E-state index contributed by atoms with van der Waals surface area (Å²) in [6.45, 7) is 21.0. The number of benzene rings is 3. The molecule has 4 nitrogen and oxygen atoms in total. The minimum atomic E-state index is -0.341. The topological polar surface area (TPSA) is 33.4 Å². The van der Waals surface area contributed by atoms with Gasteiger partial charge in [-0.3, -0.25) is 0 Å². The molecule has 160 valence electrons. The SMILES string of the molecule is [C-]#[N+]C([N+]#[C-])=c1c(Cl)cc(=C2N=C(c3ccccc3)C(c3ccccc3)=N2)cc1C(C)(C)C. The van der Waals surface area contributed by atoms with Crippen molar-refractivity contribution in [2.45, 2.75) is 26.2 Å². The first-order valence-corrected chi connectivity index (χ1v) is 10.8. The van der Waals surface area contributed by atoms with Crippen LogP contribution in [-0.4, -0.2) is 11.4 Å². The summed E-state index contributed by atoms with van der Waals surface area (Å²) in [6, 6.07) is 23.6. The maximum atomic E-state index is 7.43. The molecule has 0 N–H and O–H groups in total.